The van der Waals surface area contributed by atoms with Crippen LogP contribution in [0, 0.1) is 4.77 Å². The fourth-order valence-corrected chi connectivity index (χ4v) is 1.17. The van der Waals surface area contributed by atoms with E-state index in [1.807, 2.05) is 0 Å². The van der Waals surface area contributed by atoms with Gasteiger partial charge in [0.25, 0.3) is 5.56 Å². The molecule has 0 atom stereocenters. The van der Waals surface area contributed by atoms with Crippen LogP contribution in [0.4, 0.5) is 0 Å². The molecule has 0 spiro atoms. The van der Waals surface area contributed by atoms with Gasteiger partial charge in [0.2, 0.25) is 0 Å². The Labute approximate surface area is 96.8 Å². The van der Waals surface area contributed by atoms with Crippen molar-refractivity contribution >= 4 is 18.2 Å². The van der Waals surface area contributed by atoms with Gasteiger partial charge in [-0.2, -0.15) is 0 Å². The number of carbonyl (C=O) groups excluding carboxylic acids is 1. The molecule has 0 aliphatic rings. The fourth-order valence-electron chi connectivity index (χ4n) is 0.953. The Balaban J connectivity index is 2.35. The van der Waals surface area contributed by atoms with Gasteiger partial charge >= 0.3 is 5.97 Å². The minimum atomic E-state index is -0.343. The highest BCUT2D eigenvalue weighted by molar-refractivity contribution is 7.71. The molecule has 1 aromatic rings. The average molecular weight is 244 g/mol. The maximum Gasteiger partial charge on any atom is 0.302 e. The molecule has 0 bridgehead atoms. The van der Waals surface area contributed by atoms with Crippen LogP contribution in [0.25, 0.3) is 0 Å². The molecule has 16 heavy (non-hydrogen) atoms. The molecule has 0 saturated carbocycles. The molecule has 0 aliphatic heterocycles. The zero-order valence-electron chi connectivity index (χ0n) is 8.76. The third-order valence-corrected chi connectivity index (χ3v) is 2.00. The Bertz CT molecular complexity index is 465. The van der Waals surface area contributed by atoms with Crippen molar-refractivity contribution in [2.75, 3.05) is 13.2 Å². The van der Waals surface area contributed by atoms with Crippen LogP contribution in [0.15, 0.2) is 17.1 Å². The van der Waals surface area contributed by atoms with Gasteiger partial charge in [0.05, 0.1) is 6.61 Å². The average Bonchev–Trinajstić information content (AvgIpc) is 2.20. The van der Waals surface area contributed by atoms with Crippen LogP contribution in [0.1, 0.15) is 6.92 Å². The van der Waals surface area contributed by atoms with E-state index in [1.54, 1.807) is 4.57 Å². The van der Waals surface area contributed by atoms with E-state index in [9.17, 15) is 9.59 Å². The molecular weight excluding hydrogens is 232 g/mol. The first-order valence-electron chi connectivity index (χ1n) is 4.60. The number of hydrogen-bond donors (Lipinski definition) is 1. The van der Waals surface area contributed by atoms with Gasteiger partial charge in [-0.3, -0.25) is 14.6 Å². The van der Waals surface area contributed by atoms with E-state index in [4.69, 9.17) is 17.0 Å². The lowest BCUT2D eigenvalue weighted by atomic mass is 10.6. The van der Waals surface area contributed by atoms with Crippen LogP contribution in [0.5, 0.6) is 0 Å². The summed E-state index contributed by atoms with van der Waals surface area (Å²) in [4.78, 5) is 23.7. The molecule has 1 rings (SSSR count). The Hall–Kier alpha value is -1.47. The van der Waals surface area contributed by atoms with Crippen molar-refractivity contribution in [2.45, 2.75) is 13.7 Å². The second kappa shape index (κ2) is 6.19. The highest BCUT2D eigenvalue weighted by Gasteiger charge is 1.95. The predicted molar refractivity (Wildman–Crippen MR) is 58.5 cm³/mol. The van der Waals surface area contributed by atoms with E-state index in [0.717, 1.165) is 0 Å². The van der Waals surface area contributed by atoms with Crippen LogP contribution in [-0.4, -0.2) is 28.7 Å². The molecular formula is C9H12N2O4S. The zero-order valence-corrected chi connectivity index (χ0v) is 9.58. The topological polar surface area (TPSA) is 73.3 Å². The molecule has 1 aromatic heterocycles. The molecule has 0 saturated heterocycles. The standard InChI is InChI=1S/C9H12N2O4S/c1-7(12)15-5-4-14-6-11-3-2-8(13)10-9(11)16/h2-3H,4-6H2,1H3,(H,10,13,16). The normalized spacial score (nSPS) is 10.1. The van der Waals surface area contributed by atoms with Gasteiger partial charge in [-0.15, -0.1) is 0 Å². The highest BCUT2D eigenvalue weighted by atomic mass is 32.1. The van der Waals surface area contributed by atoms with E-state index in [1.165, 1.54) is 19.2 Å². The lowest BCUT2D eigenvalue weighted by molar-refractivity contribution is -0.142. The molecule has 6 nitrogen and oxygen atoms in total. The van der Waals surface area contributed by atoms with Gasteiger partial charge in [-0.1, -0.05) is 0 Å². The number of esters is 1. The van der Waals surface area contributed by atoms with Crippen LogP contribution in [0.2, 0.25) is 0 Å². The number of nitrogens with one attached hydrogen (secondary N) is 1. The van der Waals surface area contributed by atoms with Crippen molar-refractivity contribution in [3.8, 4) is 0 Å². The molecule has 1 heterocycles. The number of H-pyrrole nitrogens is 1. The molecule has 7 heteroatoms. The van der Waals surface area contributed by atoms with Gasteiger partial charge < -0.3 is 14.0 Å². The predicted octanol–water partition coefficient (Wildman–Crippen LogP) is 0.443. The molecule has 88 valence electrons. The van der Waals surface area contributed by atoms with E-state index in [-0.39, 0.29) is 31.5 Å². The van der Waals surface area contributed by atoms with Crippen molar-refractivity contribution in [1.29, 1.82) is 0 Å². The first-order valence-corrected chi connectivity index (χ1v) is 5.01. The number of ether oxygens (including phenoxy) is 2. The summed E-state index contributed by atoms with van der Waals surface area (Å²) in [5.74, 6) is -0.343. The van der Waals surface area contributed by atoms with Crippen molar-refractivity contribution in [2.24, 2.45) is 0 Å². The smallest absolute Gasteiger partial charge is 0.302 e. The maximum absolute atomic E-state index is 10.9. The fraction of sp³-hybridized carbons (Fsp3) is 0.444. The zero-order chi connectivity index (χ0) is 12.0. The molecule has 0 aromatic carbocycles. The second-order valence-electron chi connectivity index (χ2n) is 2.96. The third-order valence-electron chi connectivity index (χ3n) is 1.66. The number of nitrogens with zero attached hydrogens (tertiary/aromatic N) is 1. The Morgan fingerprint density at radius 1 is 1.56 bits per heavy atom. The number of rotatable bonds is 5. The van der Waals surface area contributed by atoms with Crippen molar-refractivity contribution < 1.29 is 14.3 Å². The molecule has 1 N–H and O–H groups in total. The van der Waals surface area contributed by atoms with E-state index in [0.29, 0.717) is 4.77 Å². The summed E-state index contributed by atoms with van der Waals surface area (Å²) in [6, 6.07) is 1.35. The summed E-state index contributed by atoms with van der Waals surface area (Å²) in [7, 11) is 0. The van der Waals surface area contributed by atoms with Crippen LogP contribution in [0.3, 0.4) is 0 Å². The molecule has 0 aliphatic carbocycles. The Morgan fingerprint density at radius 2 is 2.31 bits per heavy atom. The molecule has 0 radical (unpaired) electrons. The monoisotopic (exact) mass is 244 g/mol. The number of carbonyl (C=O) groups is 1. The van der Waals surface area contributed by atoms with Gasteiger partial charge in [0.15, 0.2) is 4.77 Å². The third kappa shape index (κ3) is 4.37. The van der Waals surface area contributed by atoms with Crippen molar-refractivity contribution in [3.63, 3.8) is 0 Å². The van der Waals surface area contributed by atoms with Crippen molar-refractivity contribution in [1.82, 2.24) is 9.55 Å². The number of aromatic amines is 1. The Kier molecular flexibility index (Phi) is 4.87. The molecule has 0 fully saturated rings. The van der Waals surface area contributed by atoms with Gasteiger partial charge in [-0.25, -0.2) is 0 Å². The molecule has 0 unspecified atom stereocenters. The largest absolute Gasteiger partial charge is 0.463 e. The van der Waals surface area contributed by atoms with E-state index in [2.05, 4.69) is 9.72 Å². The minimum absolute atomic E-state index is 0.200. The van der Waals surface area contributed by atoms with Crippen LogP contribution < -0.4 is 5.56 Å². The van der Waals surface area contributed by atoms with Gasteiger partial charge in [0.1, 0.15) is 13.3 Å². The summed E-state index contributed by atoms with van der Waals surface area (Å²) >= 11 is 4.90. The number of hydrogen-bond acceptors (Lipinski definition) is 5. The van der Waals surface area contributed by atoms with Crippen LogP contribution >= 0.6 is 12.2 Å². The quantitative estimate of drug-likeness (QED) is 0.462. The maximum atomic E-state index is 10.9. The SMILES string of the molecule is CC(=O)OCCOCn1ccc(=O)[nH]c1=S. The minimum Gasteiger partial charge on any atom is -0.463 e. The highest BCUT2D eigenvalue weighted by Crippen LogP contribution is 1.89. The van der Waals surface area contributed by atoms with Gasteiger partial charge in [0, 0.05) is 19.2 Å². The lowest BCUT2D eigenvalue weighted by Gasteiger charge is -2.07. The summed E-state index contributed by atoms with van der Waals surface area (Å²) in [6.45, 7) is 2.02. The summed E-state index contributed by atoms with van der Waals surface area (Å²) in [5.41, 5.74) is -0.249. The van der Waals surface area contributed by atoms with Crippen LogP contribution in [-0.2, 0) is 21.0 Å². The number of aromatic nitrogens is 2. The summed E-state index contributed by atoms with van der Waals surface area (Å²) in [5, 5.41) is 0. The van der Waals surface area contributed by atoms with E-state index >= 15 is 0 Å². The summed E-state index contributed by atoms with van der Waals surface area (Å²) < 4.78 is 11.7. The second-order valence-corrected chi connectivity index (χ2v) is 3.34. The first-order chi connectivity index (χ1) is 7.59. The Morgan fingerprint density at radius 3 is 2.94 bits per heavy atom. The first kappa shape index (κ1) is 12.6. The molecule has 0 amide bonds. The lowest BCUT2D eigenvalue weighted by Crippen LogP contribution is -2.14. The van der Waals surface area contributed by atoms with Crippen molar-refractivity contribution in [3.05, 3.63) is 27.4 Å². The van der Waals surface area contributed by atoms with E-state index < -0.39 is 0 Å². The van der Waals surface area contributed by atoms with Gasteiger partial charge in [-0.05, 0) is 12.2 Å². The summed E-state index contributed by atoms with van der Waals surface area (Å²) in [6.07, 6.45) is 1.53.